The number of fused-ring (bicyclic) bond motifs is 2. The van der Waals surface area contributed by atoms with Crippen LogP contribution in [0.1, 0.15) is 82.4 Å². The number of carbonyl (C=O) groups is 5. The van der Waals surface area contributed by atoms with Crippen molar-refractivity contribution >= 4 is 29.7 Å². The monoisotopic (exact) mass is 851 g/mol. The highest BCUT2D eigenvalue weighted by molar-refractivity contribution is 6.23. The van der Waals surface area contributed by atoms with E-state index >= 15 is 0 Å². The van der Waals surface area contributed by atoms with Crippen LogP contribution in [0.4, 0.5) is 4.79 Å². The number of methoxy groups -OCH3 is 2. The summed E-state index contributed by atoms with van der Waals surface area (Å²) in [5, 5.41) is 5.40. The van der Waals surface area contributed by atoms with Crippen LogP contribution in [-0.4, -0.2) is 128 Å². The van der Waals surface area contributed by atoms with Gasteiger partial charge in [0.1, 0.15) is 23.3 Å². The maximum absolute atomic E-state index is 13.5. The number of aromatic nitrogens is 1. The number of urea groups is 1. The molecule has 8 rings (SSSR count). The summed E-state index contributed by atoms with van der Waals surface area (Å²) in [6.45, 7) is 5.40. The molecule has 2 N–H and O–H groups in total. The molecular weight excluding hydrogens is 795 g/mol. The van der Waals surface area contributed by atoms with Crippen LogP contribution in [0.15, 0.2) is 41.3 Å². The molecule has 6 amide bonds. The molecule has 16 nitrogen and oxygen atoms in total. The van der Waals surface area contributed by atoms with E-state index in [0.29, 0.717) is 55.3 Å². The third-order valence-corrected chi connectivity index (χ3v) is 13.5. The predicted octanol–water partition coefficient (Wildman–Crippen LogP) is 3.56. The molecule has 2 aromatic carbocycles. The van der Waals surface area contributed by atoms with Gasteiger partial charge in [0.25, 0.3) is 17.4 Å². The molecule has 5 heterocycles. The van der Waals surface area contributed by atoms with E-state index < -0.39 is 29.7 Å². The fourth-order valence-electron chi connectivity index (χ4n) is 10.2. The van der Waals surface area contributed by atoms with Crippen LogP contribution in [0.2, 0.25) is 0 Å². The molecule has 4 aliphatic heterocycles. The summed E-state index contributed by atoms with van der Waals surface area (Å²) in [6.07, 6.45) is 7.85. The zero-order valence-corrected chi connectivity index (χ0v) is 36.3. The number of ether oxygens (including phenoxy) is 3. The number of rotatable bonds is 13. The second kappa shape index (κ2) is 17.6. The van der Waals surface area contributed by atoms with Gasteiger partial charge in [0.05, 0.1) is 44.1 Å². The average molecular weight is 852 g/mol. The number of carbonyl (C=O) groups excluding carboxylic acids is 5. The van der Waals surface area contributed by atoms with Gasteiger partial charge in [-0.25, -0.2) is 4.79 Å². The van der Waals surface area contributed by atoms with Crippen LogP contribution in [0, 0.1) is 11.3 Å². The summed E-state index contributed by atoms with van der Waals surface area (Å²) in [6, 6.07) is 7.67. The number of amides is 6. The first-order chi connectivity index (χ1) is 29.8. The maximum atomic E-state index is 13.5. The molecule has 0 bridgehead atoms. The van der Waals surface area contributed by atoms with Crippen LogP contribution < -0.4 is 30.4 Å². The van der Waals surface area contributed by atoms with Crippen LogP contribution >= 0.6 is 0 Å². The Labute approximate surface area is 361 Å². The Morgan fingerprint density at radius 2 is 1.61 bits per heavy atom. The predicted molar refractivity (Wildman–Crippen MR) is 229 cm³/mol. The standard InChI is InChI=1S/C46H57N7O9/c1-49(2)25-36-38(60-4)19-29(20-39(36)61-5)34-26-50(3)42(56)35-27-52(15-11-31(34)35)45(59)47-24-28-22-46(23-28)12-16-51(17-13-46)14-6-18-62-30-7-8-32-33(21-30)44(58)53(43(32)57)37-9-10-40(54)48-41(37)55/h7-8,19-21,26,28,37H,6,9-18,22-25,27H2,1-5H3,(H,47,59)(H,48,54,55). The molecule has 1 aromatic heterocycles. The van der Waals surface area contributed by atoms with Gasteiger partial charge in [-0.3, -0.25) is 34.2 Å². The summed E-state index contributed by atoms with van der Waals surface area (Å²) in [5.41, 5.74) is 5.04. The van der Waals surface area contributed by atoms with Gasteiger partial charge in [0.15, 0.2) is 0 Å². The molecule has 3 aromatic rings. The lowest BCUT2D eigenvalue weighted by Crippen LogP contribution is -2.54. The Morgan fingerprint density at radius 3 is 2.29 bits per heavy atom. The summed E-state index contributed by atoms with van der Waals surface area (Å²) in [5.74, 6) is 0.232. The molecule has 16 heteroatoms. The van der Waals surface area contributed by atoms with Crippen LogP contribution in [0.5, 0.6) is 17.2 Å². The largest absolute Gasteiger partial charge is 0.496 e. The molecule has 1 aliphatic carbocycles. The molecule has 1 spiro atoms. The van der Waals surface area contributed by atoms with Crippen molar-refractivity contribution in [3.8, 4) is 28.4 Å². The number of hydrogen-bond acceptors (Lipinski definition) is 11. The fraction of sp³-hybridized carbons (Fsp3) is 0.522. The minimum atomic E-state index is -1.00. The number of nitrogens with zero attached hydrogens (tertiary/aromatic N) is 5. The van der Waals surface area contributed by atoms with Gasteiger partial charge < -0.3 is 38.8 Å². The second-order valence-electron chi connectivity index (χ2n) is 17.8. The van der Waals surface area contributed by atoms with Gasteiger partial charge in [-0.1, -0.05) is 0 Å². The molecular formula is C46H57N7O9. The number of pyridine rings is 1. The van der Waals surface area contributed by atoms with E-state index in [-0.39, 0.29) is 42.1 Å². The second-order valence-corrected chi connectivity index (χ2v) is 17.8. The van der Waals surface area contributed by atoms with Gasteiger partial charge in [-0.2, -0.15) is 0 Å². The Kier molecular flexibility index (Phi) is 12.2. The number of piperidine rings is 2. The number of benzene rings is 2. The van der Waals surface area contributed by atoms with Crippen molar-refractivity contribution in [1.82, 2.24) is 34.8 Å². The van der Waals surface area contributed by atoms with E-state index in [1.54, 1.807) is 48.9 Å². The highest BCUT2D eigenvalue weighted by Crippen LogP contribution is 2.52. The van der Waals surface area contributed by atoms with Crippen molar-refractivity contribution in [2.24, 2.45) is 18.4 Å². The number of likely N-dealkylation sites (tertiary alicyclic amines) is 1. The van der Waals surface area contributed by atoms with Crippen molar-refractivity contribution in [3.05, 3.63) is 74.7 Å². The fourth-order valence-corrected chi connectivity index (χ4v) is 10.2. The van der Waals surface area contributed by atoms with Crippen LogP contribution in [0.25, 0.3) is 11.1 Å². The lowest BCUT2D eigenvalue weighted by atomic mass is 9.57. The third-order valence-electron chi connectivity index (χ3n) is 13.5. The lowest BCUT2D eigenvalue weighted by molar-refractivity contribution is -0.136. The first-order valence-corrected chi connectivity index (χ1v) is 21.6. The van der Waals surface area contributed by atoms with E-state index in [2.05, 4.69) is 20.4 Å². The minimum absolute atomic E-state index is 0.0723. The van der Waals surface area contributed by atoms with Crippen LogP contribution in [-0.2, 0) is 36.1 Å². The van der Waals surface area contributed by atoms with Crippen molar-refractivity contribution in [2.45, 2.75) is 70.5 Å². The summed E-state index contributed by atoms with van der Waals surface area (Å²) >= 11 is 0. The molecule has 3 fully saturated rings. The van der Waals surface area contributed by atoms with E-state index in [9.17, 15) is 28.8 Å². The Hall–Kier alpha value is -5.74. The first-order valence-electron chi connectivity index (χ1n) is 21.6. The summed E-state index contributed by atoms with van der Waals surface area (Å²) in [4.78, 5) is 84.3. The molecule has 1 saturated carbocycles. The van der Waals surface area contributed by atoms with E-state index in [0.717, 1.165) is 90.4 Å². The average Bonchev–Trinajstić information content (AvgIpc) is 3.49. The van der Waals surface area contributed by atoms with Crippen molar-refractivity contribution in [2.75, 3.05) is 67.6 Å². The number of aryl methyl sites for hydroxylation is 1. The lowest BCUT2D eigenvalue weighted by Gasteiger charge is -2.52. The Morgan fingerprint density at radius 1 is 0.903 bits per heavy atom. The van der Waals surface area contributed by atoms with Gasteiger partial charge in [0, 0.05) is 57.0 Å². The van der Waals surface area contributed by atoms with Crippen molar-refractivity contribution in [3.63, 3.8) is 0 Å². The van der Waals surface area contributed by atoms with E-state index in [1.807, 2.05) is 32.4 Å². The highest BCUT2D eigenvalue weighted by atomic mass is 16.5. The Balaban J connectivity index is 0.774. The topological polar surface area (TPSA) is 172 Å². The smallest absolute Gasteiger partial charge is 0.317 e. The quantitative estimate of drug-likeness (QED) is 0.190. The van der Waals surface area contributed by atoms with Gasteiger partial charge in [-0.05, 0) is 125 Å². The summed E-state index contributed by atoms with van der Waals surface area (Å²) < 4.78 is 19.2. The minimum Gasteiger partial charge on any atom is -0.496 e. The molecule has 5 aliphatic rings. The van der Waals surface area contributed by atoms with Gasteiger partial charge >= 0.3 is 6.03 Å². The number of hydrogen-bond donors (Lipinski definition) is 2. The molecule has 0 radical (unpaired) electrons. The van der Waals surface area contributed by atoms with Gasteiger partial charge in [0.2, 0.25) is 11.8 Å². The van der Waals surface area contributed by atoms with E-state index in [4.69, 9.17) is 14.2 Å². The normalized spacial score (nSPS) is 19.9. The molecule has 1 unspecified atom stereocenters. The highest BCUT2D eigenvalue weighted by Gasteiger charge is 2.46. The van der Waals surface area contributed by atoms with Crippen molar-refractivity contribution < 1.29 is 38.2 Å². The zero-order valence-electron chi connectivity index (χ0n) is 36.3. The molecule has 62 heavy (non-hydrogen) atoms. The molecule has 2 saturated heterocycles. The maximum Gasteiger partial charge on any atom is 0.317 e. The summed E-state index contributed by atoms with van der Waals surface area (Å²) in [7, 11) is 9.04. The van der Waals surface area contributed by atoms with Crippen LogP contribution in [0.3, 0.4) is 0 Å². The zero-order chi connectivity index (χ0) is 43.9. The number of nitrogens with one attached hydrogen (secondary N) is 2. The molecule has 1 atom stereocenters. The number of imide groups is 2. The third kappa shape index (κ3) is 8.41. The van der Waals surface area contributed by atoms with Crippen molar-refractivity contribution in [1.29, 1.82) is 0 Å². The van der Waals surface area contributed by atoms with Gasteiger partial charge in [-0.15, -0.1) is 0 Å². The van der Waals surface area contributed by atoms with E-state index in [1.165, 1.54) is 0 Å². The SMILES string of the molecule is COc1cc(-c2cn(C)c(=O)c3c2CCN(C(=O)NCC2CC4(CCN(CCCOc5ccc6c(c5)C(=O)N(C5CCC(=O)NC5=O)C6=O)CC4)C2)C3)cc(OC)c1CN(C)C. The first kappa shape index (κ1) is 42.9. The Bertz CT molecular complexity index is 2320. The molecule has 330 valence electrons.